The molecule has 0 aliphatic carbocycles. The quantitative estimate of drug-likeness (QED) is 0.461. The average molecular weight is 394 g/mol. The first-order valence-electron chi connectivity index (χ1n) is 10.5. The summed E-state index contributed by atoms with van der Waals surface area (Å²) in [6.45, 7) is 19.6. The third-order valence-corrected chi connectivity index (χ3v) is 5.55. The fourth-order valence-electron chi connectivity index (χ4n) is 3.72. The Hall–Kier alpha value is -1.57. The van der Waals surface area contributed by atoms with Crippen LogP contribution in [0.5, 0.6) is 0 Å². The van der Waals surface area contributed by atoms with Crippen LogP contribution in [0, 0.1) is 13.8 Å². The van der Waals surface area contributed by atoms with Crippen molar-refractivity contribution in [1.82, 2.24) is 20.4 Å². The van der Waals surface area contributed by atoms with Gasteiger partial charge in [0.2, 0.25) is 0 Å². The highest BCUT2D eigenvalue weighted by molar-refractivity contribution is 5.79. The van der Waals surface area contributed by atoms with E-state index in [1.54, 1.807) is 6.92 Å². The first kappa shape index (κ1) is 22.7. The Kier molecular flexibility index (Phi) is 8.34. The maximum absolute atomic E-state index is 10.9. The fourth-order valence-corrected chi connectivity index (χ4v) is 3.72. The monoisotopic (exact) mass is 393 g/mol. The van der Waals surface area contributed by atoms with Gasteiger partial charge in [-0.05, 0) is 47.2 Å². The average Bonchev–Trinajstić information content (AvgIpc) is 3.03. The minimum atomic E-state index is -1.06. The van der Waals surface area contributed by atoms with Gasteiger partial charge in [0.25, 0.3) is 0 Å². The first-order chi connectivity index (χ1) is 13.3. The summed E-state index contributed by atoms with van der Waals surface area (Å²) in [6, 6.07) is 2.32. The Morgan fingerprint density at radius 2 is 1.93 bits per heavy atom. The Balaban J connectivity index is 1.92. The molecule has 160 valence electrons. The van der Waals surface area contributed by atoms with Crippen molar-refractivity contribution in [2.75, 3.05) is 52.4 Å². The smallest absolute Gasteiger partial charge is 0.191 e. The predicted molar refractivity (Wildman–Crippen MR) is 115 cm³/mol. The van der Waals surface area contributed by atoms with E-state index in [9.17, 15) is 5.11 Å². The lowest BCUT2D eigenvalue weighted by Crippen LogP contribution is -2.53. The zero-order valence-electron chi connectivity index (χ0n) is 18.5. The zero-order valence-corrected chi connectivity index (χ0v) is 18.5. The summed E-state index contributed by atoms with van der Waals surface area (Å²) in [7, 11) is 0. The second-order valence-electron chi connectivity index (χ2n) is 8.00. The van der Waals surface area contributed by atoms with Gasteiger partial charge in [0, 0.05) is 50.9 Å². The molecule has 0 amide bonds. The third-order valence-electron chi connectivity index (χ3n) is 5.55. The van der Waals surface area contributed by atoms with E-state index in [2.05, 4.69) is 39.3 Å². The van der Waals surface area contributed by atoms with Crippen LogP contribution in [0.3, 0.4) is 0 Å². The van der Waals surface area contributed by atoms with Gasteiger partial charge in [0.15, 0.2) is 5.96 Å². The molecule has 1 aromatic rings. The topological polar surface area (TPSA) is 76.3 Å². The van der Waals surface area contributed by atoms with Crippen LogP contribution in [-0.4, -0.2) is 79.3 Å². The van der Waals surface area contributed by atoms with Gasteiger partial charge in [0.1, 0.15) is 17.1 Å². The second-order valence-corrected chi connectivity index (χ2v) is 8.00. The number of nitrogens with zero attached hydrogens (tertiary/aromatic N) is 3. The van der Waals surface area contributed by atoms with Crippen LogP contribution in [0.15, 0.2) is 15.5 Å². The second kappa shape index (κ2) is 10.3. The highest BCUT2D eigenvalue weighted by Gasteiger charge is 2.27. The van der Waals surface area contributed by atoms with Gasteiger partial charge < -0.3 is 25.1 Å². The van der Waals surface area contributed by atoms with E-state index in [0.29, 0.717) is 6.04 Å². The fraction of sp³-hybridized carbons (Fsp3) is 0.762. The molecule has 1 fully saturated rings. The Morgan fingerprint density at radius 1 is 1.25 bits per heavy atom. The molecule has 1 saturated heterocycles. The van der Waals surface area contributed by atoms with E-state index >= 15 is 0 Å². The van der Waals surface area contributed by atoms with E-state index in [-0.39, 0.29) is 6.54 Å². The summed E-state index contributed by atoms with van der Waals surface area (Å²) in [5.74, 6) is 2.29. The van der Waals surface area contributed by atoms with Crippen molar-refractivity contribution in [3.63, 3.8) is 0 Å². The Morgan fingerprint density at radius 3 is 2.46 bits per heavy atom. The molecular weight excluding hydrogens is 354 g/mol. The van der Waals surface area contributed by atoms with E-state index in [1.165, 1.54) is 0 Å². The van der Waals surface area contributed by atoms with Gasteiger partial charge in [-0.25, -0.2) is 4.99 Å². The number of rotatable bonds is 8. The number of aryl methyl sites for hydroxylation is 2. The molecule has 2 unspecified atom stereocenters. The molecule has 0 radical (unpaired) electrons. The summed E-state index contributed by atoms with van der Waals surface area (Å²) in [5, 5.41) is 17.6. The highest BCUT2D eigenvalue weighted by atomic mass is 16.3. The normalized spacial score (nSPS) is 20.0. The zero-order chi connectivity index (χ0) is 20.7. The molecule has 1 aromatic heterocycles. The molecule has 7 heteroatoms. The standard InChI is InChI=1S/C21H39N5O2/c1-7-22-20(23-14-16(3)26-11-9-25(8-2)10-12-26)24-15-21(6,27)19-13-17(4)28-18(19)5/h13,16,27H,7-12,14-15H2,1-6H3,(H2,22,23,24). The molecule has 3 N–H and O–H groups in total. The van der Waals surface area contributed by atoms with Gasteiger partial charge in [-0.15, -0.1) is 0 Å². The van der Waals surface area contributed by atoms with Crippen LogP contribution in [0.1, 0.15) is 44.8 Å². The summed E-state index contributed by atoms with van der Waals surface area (Å²) in [5.41, 5.74) is -0.265. The molecule has 0 bridgehead atoms. The van der Waals surface area contributed by atoms with Crippen LogP contribution < -0.4 is 10.6 Å². The van der Waals surface area contributed by atoms with Crippen LogP contribution >= 0.6 is 0 Å². The summed E-state index contributed by atoms with van der Waals surface area (Å²) < 4.78 is 5.57. The SMILES string of the molecule is CCNC(=NCC(C)(O)c1cc(C)oc1C)NCC(C)N1CCN(CC)CC1. The number of aliphatic imine (C=N–C) groups is 1. The van der Waals surface area contributed by atoms with Crippen molar-refractivity contribution in [1.29, 1.82) is 0 Å². The van der Waals surface area contributed by atoms with Gasteiger partial charge in [-0.3, -0.25) is 4.90 Å². The van der Waals surface area contributed by atoms with E-state index < -0.39 is 5.60 Å². The molecule has 2 rings (SSSR count). The van der Waals surface area contributed by atoms with Crippen molar-refractivity contribution >= 4 is 5.96 Å². The first-order valence-corrected chi connectivity index (χ1v) is 10.5. The molecule has 0 spiro atoms. The van der Waals surface area contributed by atoms with Crippen LogP contribution in [0.2, 0.25) is 0 Å². The number of nitrogens with one attached hydrogen (secondary N) is 2. The number of furan rings is 1. The van der Waals surface area contributed by atoms with E-state index in [4.69, 9.17) is 4.42 Å². The maximum atomic E-state index is 10.9. The van der Waals surface area contributed by atoms with Crippen molar-refractivity contribution in [2.45, 2.75) is 53.2 Å². The number of guanidine groups is 1. The van der Waals surface area contributed by atoms with Gasteiger partial charge >= 0.3 is 0 Å². The van der Waals surface area contributed by atoms with Crippen molar-refractivity contribution in [3.05, 3.63) is 23.2 Å². The summed E-state index contributed by atoms with van der Waals surface area (Å²) >= 11 is 0. The van der Waals surface area contributed by atoms with Crippen molar-refractivity contribution in [2.24, 2.45) is 4.99 Å². The number of hydrogen-bond acceptors (Lipinski definition) is 5. The van der Waals surface area contributed by atoms with Gasteiger partial charge in [-0.1, -0.05) is 6.92 Å². The van der Waals surface area contributed by atoms with E-state index in [1.807, 2.05) is 26.8 Å². The van der Waals surface area contributed by atoms with Crippen molar-refractivity contribution < 1.29 is 9.52 Å². The lowest BCUT2D eigenvalue weighted by atomic mass is 9.96. The number of hydrogen-bond donors (Lipinski definition) is 3. The largest absolute Gasteiger partial charge is 0.466 e. The molecule has 0 saturated carbocycles. The molecule has 1 aliphatic rings. The number of aliphatic hydroxyl groups is 1. The molecule has 0 aromatic carbocycles. The predicted octanol–water partition coefficient (Wildman–Crippen LogP) is 1.69. The van der Waals surface area contributed by atoms with Crippen LogP contribution in [-0.2, 0) is 5.60 Å². The third kappa shape index (κ3) is 6.22. The highest BCUT2D eigenvalue weighted by Crippen LogP contribution is 2.27. The van der Waals surface area contributed by atoms with Crippen molar-refractivity contribution in [3.8, 4) is 0 Å². The Labute approximate surface area is 170 Å². The molecule has 1 aliphatic heterocycles. The number of likely N-dealkylation sites (N-methyl/N-ethyl adjacent to an activating group) is 1. The van der Waals surface area contributed by atoms with Gasteiger partial charge in [0.05, 0.1) is 6.54 Å². The minimum Gasteiger partial charge on any atom is -0.466 e. The molecule has 2 atom stereocenters. The van der Waals surface area contributed by atoms with Crippen LogP contribution in [0.4, 0.5) is 0 Å². The molecule has 2 heterocycles. The summed E-state index contributed by atoms with van der Waals surface area (Å²) in [6.07, 6.45) is 0. The maximum Gasteiger partial charge on any atom is 0.191 e. The number of piperazine rings is 1. The Bertz CT molecular complexity index is 633. The molecular formula is C21H39N5O2. The lowest BCUT2D eigenvalue weighted by Gasteiger charge is -2.37. The minimum absolute atomic E-state index is 0.270. The lowest BCUT2D eigenvalue weighted by molar-refractivity contribution is 0.0656. The summed E-state index contributed by atoms with van der Waals surface area (Å²) in [4.78, 5) is 9.64. The molecule has 7 nitrogen and oxygen atoms in total. The van der Waals surface area contributed by atoms with E-state index in [0.717, 1.165) is 68.9 Å². The van der Waals surface area contributed by atoms with Crippen LogP contribution in [0.25, 0.3) is 0 Å². The van der Waals surface area contributed by atoms with Gasteiger partial charge in [-0.2, -0.15) is 0 Å². The molecule has 28 heavy (non-hydrogen) atoms.